The first kappa shape index (κ1) is 35.4. The number of aliphatic hydroxyl groups is 7. The summed E-state index contributed by atoms with van der Waals surface area (Å²) in [5.41, 5.74) is 0. The minimum atomic E-state index is -1.45. The summed E-state index contributed by atoms with van der Waals surface area (Å²) in [5.74, 6) is -1.43. The monoisotopic (exact) mass is 622 g/mol. The second kappa shape index (κ2) is 16.8. The molecule has 16 nitrogen and oxygen atoms in total. The summed E-state index contributed by atoms with van der Waals surface area (Å²) in [6, 6.07) is 2.37. The smallest absolute Gasteiger partial charge is 0.333 e. The van der Waals surface area contributed by atoms with Crippen LogP contribution in [0.5, 0.6) is 11.8 Å². The fourth-order valence-electron chi connectivity index (χ4n) is 5.14. The Morgan fingerprint density at radius 2 is 1.44 bits per heavy atom. The van der Waals surface area contributed by atoms with Crippen molar-refractivity contribution in [1.29, 1.82) is 0 Å². The summed E-state index contributed by atoms with van der Waals surface area (Å²) >= 11 is 0. The molecule has 3 rings (SSSR count). The van der Waals surface area contributed by atoms with Gasteiger partial charge in [0.15, 0.2) is 6.29 Å². The molecule has 0 saturated carbocycles. The molecule has 10 atom stereocenters. The van der Waals surface area contributed by atoms with E-state index in [1.165, 1.54) is 12.1 Å². The summed E-state index contributed by atoms with van der Waals surface area (Å²) in [7, 11) is 0. The van der Waals surface area contributed by atoms with Crippen molar-refractivity contribution >= 4 is 5.97 Å². The molecular formula is C27H46N2O14. The average molecular weight is 623 g/mol. The normalized spacial score (nSPS) is 33.1. The van der Waals surface area contributed by atoms with Crippen LogP contribution >= 0.6 is 0 Å². The minimum Gasteiger partial charge on any atom is -0.492 e. The van der Waals surface area contributed by atoms with Crippen molar-refractivity contribution in [3.63, 3.8) is 0 Å². The van der Waals surface area contributed by atoms with Gasteiger partial charge in [-0.15, -0.1) is 4.73 Å². The van der Waals surface area contributed by atoms with Gasteiger partial charge in [-0.05, 0) is 45.7 Å². The van der Waals surface area contributed by atoms with Gasteiger partial charge < -0.3 is 69.9 Å². The van der Waals surface area contributed by atoms with Gasteiger partial charge in [0.2, 0.25) is 11.8 Å². The van der Waals surface area contributed by atoms with Gasteiger partial charge in [0.1, 0.15) is 42.7 Å². The van der Waals surface area contributed by atoms with Crippen molar-refractivity contribution in [2.75, 3.05) is 32.8 Å². The lowest BCUT2D eigenvalue weighted by Crippen LogP contribution is -2.58. The van der Waals surface area contributed by atoms with E-state index in [2.05, 4.69) is 0 Å². The first-order valence-corrected chi connectivity index (χ1v) is 14.6. The highest BCUT2D eigenvalue weighted by Crippen LogP contribution is 2.25. The maximum atomic E-state index is 12.1. The molecule has 2 aliphatic rings. The van der Waals surface area contributed by atoms with E-state index in [1.54, 1.807) is 6.92 Å². The first-order chi connectivity index (χ1) is 20.4. The summed E-state index contributed by atoms with van der Waals surface area (Å²) in [5, 5.41) is 89.1. The van der Waals surface area contributed by atoms with Crippen molar-refractivity contribution < 1.29 is 69.8 Å². The van der Waals surface area contributed by atoms with Crippen LogP contribution in [0, 0.1) is 0 Å². The molecule has 0 aliphatic carbocycles. The SMILES string of the molecule is C[C@@H]1O[C@@H](OCCN(CCCCCC(=O)On2c(O)ccc2O)CCC[C@H]2O[C@H](CO)[C@@H](O)[C@H](O)[C@@H]2O)[C@@H](O)[C@H](O)[C@@H]1O. The van der Waals surface area contributed by atoms with Crippen molar-refractivity contribution in [2.24, 2.45) is 0 Å². The molecule has 0 amide bonds. The number of carbonyl (C=O) groups is 1. The Balaban J connectivity index is 1.47. The Labute approximate surface area is 249 Å². The molecule has 0 spiro atoms. The Kier molecular flexibility index (Phi) is 13.9. The van der Waals surface area contributed by atoms with Crippen LogP contribution in [0.15, 0.2) is 12.1 Å². The number of aromatic hydroxyl groups is 2. The van der Waals surface area contributed by atoms with Gasteiger partial charge in [0.25, 0.3) is 0 Å². The van der Waals surface area contributed by atoms with Crippen LogP contribution in [-0.4, -0.2) is 156 Å². The number of carbonyl (C=O) groups excluding carboxylic acids is 1. The number of aromatic nitrogens is 1. The highest BCUT2D eigenvalue weighted by atomic mass is 16.7. The van der Waals surface area contributed by atoms with Gasteiger partial charge >= 0.3 is 5.97 Å². The zero-order chi connectivity index (χ0) is 31.7. The van der Waals surface area contributed by atoms with E-state index >= 15 is 0 Å². The number of nitrogens with zero attached hydrogens (tertiary/aromatic N) is 2. The maximum Gasteiger partial charge on any atom is 0.333 e. The number of ether oxygens (including phenoxy) is 3. The van der Waals surface area contributed by atoms with Crippen LogP contribution in [0.4, 0.5) is 0 Å². The molecule has 43 heavy (non-hydrogen) atoms. The minimum absolute atomic E-state index is 0.0561. The third-order valence-corrected chi connectivity index (χ3v) is 7.80. The predicted octanol–water partition coefficient (Wildman–Crippen LogP) is -2.82. The van der Waals surface area contributed by atoms with Gasteiger partial charge in [-0.3, -0.25) is 0 Å². The van der Waals surface area contributed by atoms with E-state index in [0.717, 1.165) is 0 Å². The number of rotatable bonds is 16. The van der Waals surface area contributed by atoms with Gasteiger partial charge in [0, 0.05) is 25.1 Å². The van der Waals surface area contributed by atoms with Crippen LogP contribution in [0.1, 0.15) is 45.4 Å². The molecule has 1 aromatic rings. The van der Waals surface area contributed by atoms with Crippen molar-refractivity contribution in [3.8, 4) is 11.8 Å². The molecule has 16 heteroatoms. The fraction of sp³-hybridized carbons (Fsp3) is 0.815. The average Bonchev–Trinajstić information content (AvgIpc) is 3.30. The van der Waals surface area contributed by atoms with E-state index < -0.39 is 85.6 Å². The van der Waals surface area contributed by atoms with Crippen LogP contribution < -0.4 is 4.84 Å². The van der Waals surface area contributed by atoms with Crippen LogP contribution in [0.2, 0.25) is 0 Å². The predicted molar refractivity (Wildman–Crippen MR) is 146 cm³/mol. The Morgan fingerprint density at radius 3 is 2.12 bits per heavy atom. The summed E-state index contributed by atoms with van der Waals surface area (Å²) in [6.07, 6.45) is -9.22. The van der Waals surface area contributed by atoms with E-state index in [0.29, 0.717) is 56.5 Å². The zero-order valence-electron chi connectivity index (χ0n) is 24.2. The molecule has 1 aromatic heterocycles. The number of hydrogen-bond acceptors (Lipinski definition) is 15. The number of unbranched alkanes of at least 4 members (excludes halogenated alkanes) is 2. The molecule has 0 unspecified atom stereocenters. The highest BCUT2D eigenvalue weighted by molar-refractivity contribution is 5.69. The van der Waals surface area contributed by atoms with Crippen molar-refractivity contribution in [3.05, 3.63) is 12.1 Å². The molecule has 248 valence electrons. The Morgan fingerprint density at radius 1 is 0.814 bits per heavy atom. The molecule has 9 N–H and O–H groups in total. The van der Waals surface area contributed by atoms with Gasteiger partial charge in [-0.2, -0.15) is 0 Å². The lowest BCUT2D eigenvalue weighted by molar-refractivity contribution is -0.293. The summed E-state index contributed by atoms with van der Waals surface area (Å²) in [6.45, 7) is 2.65. The topological polar surface area (TPSA) is 244 Å². The molecule has 2 fully saturated rings. The van der Waals surface area contributed by atoms with Crippen LogP contribution in [-0.2, 0) is 19.0 Å². The maximum absolute atomic E-state index is 12.1. The quantitative estimate of drug-likeness (QED) is 0.0845. The molecule has 0 aromatic carbocycles. The molecule has 2 aliphatic heterocycles. The Bertz CT molecular complexity index is 960. The zero-order valence-corrected chi connectivity index (χ0v) is 24.2. The molecule has 0 bridgehead atoms. The van der Waals surface area contributed by atoms with Crippen molar-refractivity contribution in [1.82, 2.24) is 9.63 Å². The Hall–Kier alpha value is -2.09. The highest BCUT2D eigenvalue weighted by Gasteiger charge is 2.43. The van der Waals surface area contributed by atoms with E-state index in [1.807, 2.05) is 4.90 Å². The lowest BCUT2D eigenvalue weighted by atomic mass is 9.93. The van der Waals surface area contributed by atoms with E-state index in [9.17, 15) is 50.8 Å². The summed E-state index contributed by atoms with van der Waals surface area (Å²) in [4.78, 5) is 19.0. The fourth-order valence-corrected chi connectivity index (χ4v) is 5.14. The molecule has 3 heterocycles. The second-order valence-corrected chi connectivity index (χ2v) is 11.0. The largest absolute Gasteiger partial charge is 0.492 e. The van der Waals surface area contributed by atoms with Gasteiger partial charge in [-0.25, -0.2) is 4.79 Å². The standard InChI is InChI=1S/C27H46N2O14/c1-15-21(34)24(37)26(39)27(41-15)40-13-12-28(11-5-6-16-22(35)25(38)23(36)17(14-30)42-16)10-4-2-3-7-20(33)43-29-18(31)8-9-19(29)32/h8-9,15-17,21-27,30-32,34-39H,2-7,10-14H2,1H3/t15-,16+,17+,21+,22+,23+,24+,25+,26-,27+/m0/s1. The summed E-state index contributed by atoms with van der Waals surface area (Å²) < 4.78 is 17.4. The third kappa shape index (κ3) is 9.70. The first-order valence-electron chi connectivity index (χ1n) is 14.6. The number of aliphatic hydroxyl groups excluding tert-OH is 7. The molecule has 0 radical (unpaired) electrons. The van der Waals surface area contributed by atoms with Crippen LogP contribution in [0.3, 0.4) is 0 Å². The van der Waals surface area contributed by atoms with Crippen molar-refractivity contribution in [2.45, 2.75) is 107 Å². The van der Waals surface area contributed by atoms with E-state index in [4.69, 9.17) is 19.0 Å². The second-order valence-electron chi connectivity index (χ2n) is 11.0. The third-order valence-electron chi connectivity index (χ3n) is 7.80. The van der Waals surface area contributed by atoms with Gasteiger partial charge in [0.05, 0.1) is 25.4 Å². The molecular weight excluding hydrogens is 576 g/mol. The molecule has 2 saturated heterocycles. The van der Waals surface area contributed by atoms with Gasteiger partial charge in [-0.1, -0.05) is 6.42 Å². The van der Waals surface area contributed by atoms with E-state index in [-0.39, 0.29) is 13.0 Å². The van der Waals surface area contributed by atoms with Crippen LogP contribution in [0.25, 0.3) is 0 Å². The number of hydrogen-bond donors (Lipinski definition) is 9. The lowest BCUT2D eigenvalue weighted by Gasteiger charge is -2.40.